The van der Waals surface area contributed by atoms with E-state index in [0.29, 0.717) is 6.42 Å². The Balaban J connectivity index is 1.82. The number of hydrogen-bond donors (Lipinski definition) is 0. The molecule has 0 radical (unpaired) electrons. The normalized spacial score (nSPS) is 11.5. The van der Waals surface area contributed by atoms with Crippen LogP contribution in [0.4, 0.5) is 30.7 Å². The highest BCUT2D eigenvalue weighted by Crippen LogP contribution is 2.35. The van der Waals surface area contributed by atoms with Crippen LogP contribution in [-0.4, -0.2) is 6.61 Å². The van der Waals surface area contributed by atoms with Gasteiger partial charge in [0, 0.05) is 17.7 Å². The first-order valence-corrected chi connectivity index (χ1v) is 9.57. The molecule has 0 saturated carbocycles. The van der Waals surface area contributed by atoms with Crippen LogP contribution < -0.4 is 9.47 Å². The SMILES string of the molecule is CCCCOc1ccc(-c2ccc(C(F)(F)Oc3cc(F)c(F)c(F)c3)cc2)c(F)c1F. The Bertz CT molecular complexity index is 1080. The van der Waals surface area contributed by atoms with Gasteiger partial charge in [0.2, 0.25) is 5.82 Å². The van der Waals surface area contributed by atoms with E-state index in [1.165, 1.54) is 12.1 Å². The number of ether oxygens (including phenoxy) is 2. The summed E-state index contributed by atoms with van der Waals surface area (Å²) in [7, 11) is 0. The number of benzene rings is 3. The Hall–Kier alpha value is -3.23. The zero-order valence-corrected chi connectivity index (χ0v) is 16.7. The lowest BCUT2D eigenvalue weighted by Crippen LogP contribution is -2.22. The van der Waals surface area contributed by atoms with Crippen molar-refractivity contribution < 1.29 is 40.2 Å². The molecule has 0 bridgehead atoms. The van der Waals surface area contributed by atoms with E-state index in [0.717, 1.165) is 30.7 Å². The Morgan fingerprint density at radius 2 is 1.41 bits per heavy atom. The molecule has 0 fully saturated rings. The molecule has 0 saturated heterocycles. The highest BCUT2D eigenvalue weighted by atomic mass is 19.3. The van der Waals surface area contributed by atoms with E-state index in [4.69, 9.17) is 4.74 Å². The summed E-state index contributed by atoms with van der Waals surface area (Å²) in [5.74, 6) is -8.78. The number of alkyl halides is 2. The molecule has 0 atom stereocenters. The molecule has 170 valence electrons. The third-order valence-corrected chi connectivity index (χ3v) is 4.54. The van der Waals surface area contributed by atoms with Gasteiger partial charge in [-0.25, -0.2) is 17.6 Å². The maximum Gasteiger partial charge on any atom is 0.426 e. The van der Waals surface area contributed by atoms with Crippen LogP contribution in [0.1, 0.15) is 25.3 Å². The number of halogens is 7. The number of rotatable bonds is 8. The van der Waals surface area contributed by atoms with Crippen molar-refractivity contribution in [1.82, 2.24) is 0 Å². The molecule has 0 amide bonds. The van der Waals surface area contributed by atoms with Gasteiger partial charge >= 0.3 is 6.11 Å². The van der Waals surface area contributed by atoms with Crippen LogP contribution in [-0.2, 0) is 6.11 Å². The Kier molecular flexibility index (Phi) is 6.96. The van der Waals surface area contributed by atoms with Crippen molar-refractivity contribution in [2.75, 3.05) is 6.61 Å². The molecule has 3 aromatic carbocycles. The van der Waals surface area contributed by atoms with Crippen molar-refractivity contribution in [3.8, 4) is 22.6 Å². The molecule has 9 heteroatoms. The van der Waals surface area contributed by atoms with Gasteiger partial charge in [0.15, 0.2) is 29.0 Å². The monoisotopic (exact) mass is 458 g/mol. The van der Waals surface area contributed by atoms with Gasteiger partial charge in [0.25, 0.3) is 0 Å². The molecule has 0 spiro atoms. The lowest BCUT2D eigenvalue weighted by atomic mass is 10.0. The summed E-state index contributed by atoms with van der Waals surface area (Å²) in [6.45, 7) is 2.13. The predicted molar refractivity (Wildman–Crippen MR) is 103 cm³/mol. The molecule has 3 rings (SSSR count). The smallest absolute Gasteiger partial charge is 0.426 e. The van der Waals surface area contributed by atoms with Crippen molar-refractivity contribution >= 4 is 0 Å². The van der Waals surface area contributed by atoms with E-state index in [9.17, 15) is 30.7 Å². The van der Waals surface area contributed by atoms with Gasteiger partial charge in [-0.05, 0) is 36.2 Å². The Labute approximate surface area is 179 Å². The van der Waals surface area contributed by atoms with Crippen LogP contribution in [0.25, 0.3) is 11.1 Å². The molecular weight excluding hydrogens is 441 g/mol. The van der Waals surface area contributed by atoms with Crippen molar-refractivity contribution in [2.45, 2.75) is 25.9 Å². The molecule has 0 aromatic heterocycles. The molecule has 0 aliphatic carbocycles. The minimum Gasteiger partial charge on any atom is -0.490 e. The second kappa shape index (κ2) is 9.50. The first-order valence-electron chi connectivity index (χ1n) is 9.57. The van der Waals surface area contributed by atoms with Gasteiger partial charge in [-0.2, -0.15) is 13.2 Å². The molecule has 32 heavy (non-hydrogen) atoms. The van der Waals surface area contributed by atoms with E-state index < -0.39 is 46.5 Å². The second-order valence-corrected chi connectivity index (χ2v) is 6.84. The molecular formula is C23H17F7O2. The van der Waals surface area contributed by atoms with E-state index in [-0.39, 0.29) is 35.6 Å². The molecule has 2 nitrogen and oxygen atoms in total. The molecule has 0 unspecified atom stereocenters. The van der Waals surface area contributed by atoms with Gasteiger partial charge in [-0.3, -0.25) is 0 Å². The van der Waals surface area contributed by atoms with Gasteiger partial charge in [0.1, 0.15) is 5.75 Å². The molecule has 0 N–H and O–H groups in total. The fourth-order valence-electron chi connectivity index (χ4n) is 2.83. The average molecular weight is 458 g/mol. The first kappa shape index (κ1) is 23.4. The fraction of sp³-hybridized carbons (Fsp3) is 0.217. The van der Waals surface area contributed by atoms with Crippen molar-refractivity contribution in [3.05, 3.63) is 83.2 Å². The van der Waals surface area contributed by atoms with Crippen LogP contribution in [0, 0.1) is 29.1 Å². The largest absolute Gasteiger partial charge is 0.490 e. The van der Waals surface area contributed by atoms with Crippen LogP contribution in [0.15, 0.2) is 48.5 Å². The van der Waals surface area contributed by atoms with E-state index in [1.807, 2.05) is 6.92 Å². The summed E-state index contributed by atoms with van der Waals surface area (Å²) < 4.78 is 106. The molecule has 0 aliphatic heterocycles. The van der Waals surface area contributed by atoms with E-state index in [1.54, 1.807) is 0 Å². The quantitative estimate of drug-likeness (QED) is 0.200. The number of hydrogen-bond acceptors (Lipinski definition) is 2. The molecule has 0 aliphatic rings. The standard InChI is InChI=1S/C23H17F7O2/c1-2-3-10-31-19-9-8-16(20(26)22(19)28)13-4-6-14(7-5-13)23(29,30)32-15-11-17(24)21(27)18(25)12-15/h4-9,11-12H,2-3,10H2,1H3. The topological polar surface area (TPSA) is 18.5 Å². The van der Waals surface area contributed by atoms with Gasteiger partial charge in [-0.15, -0.1) is 0 Å². The summed E-state index contributed by atoms with van der Waals surface area (Å²) in [6.07, 6.45) is -2.57. The first-order chi connectivity index (χ1) is 15.1. The Morgan fingerprint density at radius 3 is 2.00 bits per heavy atom. The third-order valence-electron chi connectivity index (χ3n) is 4.54. The van der Waals surface area contributed by atoms with Crippen LogP contribution >= 0.6 is 0 Å². The van der Waals surface area contributed by atoms with Crippen molar-refractivity contribution in [3.63, 3.8) is 0 Å². The van der Waals surface area contributed by atoms with Crippen molar-refractivity contribution in [2.24, 2.45) is 0 Å². The minimum absolute atomic E-state index is 0.0972. The summed E-state index contributed by atoms with van der Waals surface area (Å²) in [5, 5.41) is 0. The Morgan fingerprint density at radius 1 is 0.781 bits per heavy atom. The fourth-order valence-corrected chi connectivity index (χ4v) is 2.83. The highest BCUT2D eigenvalue weighted by Gasteiger charge is 2.35. The van der Waals surface area contributed by atoms with Crippen LogP contribution in [0.2, 0.25) is 0 Å². The lowest BCUT2D eigenvalue weighted by Gasteiger charge is -2.19. The van der Waals surface area contributed by atoms with Crippen LogP contribution in [0.3, 0.4) is 0 Å². The molecule has 0 heterocycles. The zero-order chi connectivity index (χ0) is 23.5. The predicted octanol–water partition coefficient (Wildman–Crippen LogP) is 7.36. The lowest BCUT2D eigenvalue weighted by molar-refractivity contribution is -0.185. The van der Waals surface area contributed by atoms with Gasteiger partial charge in [0.05, 0.1) is 12.2 Å². The van der Waals surface area contributed by atoms with E-state index in [2.05, 4.69) is 4.74 Å². The van der Waals surface area contributed by atoms with Gasteiger partial charge < -0.3 is 9.47 Å². The minimum atomic E-state index is -4.05. The summed E-state index contributed by atoms with van der Waals surface area (Å²) in [5.41, 5.74) is -0.810. The third kappa shape index (κ3) is 4.98. The summed E-state index contributed by atoms with van der Waals surface area (Å²) >= 11 is 0. The maximum absolute atomic E-state index is 14.5. The average Bonchev–Trinajstić information content (AvgIpc) is 2.75. The number of unbranched alkanes of at least 4 members (excludes halogenated alkanes) is 1. The summed E-state index contributed by atoms with van der Waals surface area (Å²) in [4.78, 5) is 0. The highest BCUT2D eigenvalue weighted by molar-refractivity contribution is 5.65. The molecule has 3 aromatic rings. The maximum atomic E-state index is 14.5. The summed E-state index contributed by atoms with van der Waals surface area (Å²) in [6, 6.07) is 7.04. The van der Waals surface area contributed by atoms with E-state index >= 15 is 0 Å². The van der Waals surface area contributed by atoms with Crippen molar-refractivity contribution in [1.29, 1.82) is 0 Å². The van der Waals surface area contributed by atoms with Crippen LogP contribution in [0.5, 0.6) is 11.5 Å². The van der Waals surface area contributed by atoms with Gasteiger partial charge in [-0.1, -0.05) is 25.5 Å². The zero-order valence-electron chi connectivity index (χ0n) is 16.7. The second-order valence-electron chi connectivity index (χ2n) is 6.84.